The normalized spacial score (nSPS) is 10.4. The average molecular weight is 234 g/mol. The molecule has 0 radical (unpaired) electrons. The minimum absolute atomic E-state index is 0.508. The summed E-state index contributed by atoms with van der Waals surface area (Å²) in [7, 11) is 0. The van der Waals surface area contributed by atoms with Crippen LogP contribution in [-0.2, 0) is 13.2 Å². The molecule has 0 spiro atoms. The SMILES string of the molecule is Cc1ccc(OCc2ncc(CN)s2)cc1. The van der Waals surface area contributed by atoms with Crippen LogP contribution < -0.4 is 10.5 Å². The Morgan fingerprint density at radius 2 is 2.06 bits per heavy atom. The lowest BCUT2D eigenvalue weighted by Crippen LogP contribution is -1.94. The number of hydrogen-bond acceptors (Lipinski definition) is 4. The highest BCUT2D eigenvalue weighted by atomic mass is 32.1. The van der Waals surface area contributed by atoms with Crippen molar-refractivity contribution in [2.24, 2.45) is 5.73 Å². The number of thiazole rings is 1. The summed E-state index contributed by atoms with van der Waals surface area (Å²) in [6, 6.07) is 7.99. The number of nitrogens with zero attached hydrogens (tertiary/aromatic N) is 1. The van der Waals surface area contributed by atoms with Gasteiger partial charge in [-0.05, 0) is 19.1 Å². The summed E-state index contributed by atoms with van der Waals surface area (Å²) < 4.78 is 5.61. The third kappa shape index (κ3) is 2.81. The number of aryl methyl sites for hydroxylation is 1. The molecule has 1 aromatic heterocycles. The molecule has 0 saturated carbocycles. The molecule has 0 fully saturated rings. The van der Waals surface area contributed by atoms with Gasteiger partial charge in [0.25, 0.3) is 0 Å². The van der Waals surface area contributed by atoms with Crippen molar-refractivity contribution in [3.63, 3.8) is 0 Å². The monoisotopic (exact) mass is 234 g/mol. The second-order valence-corrected chi connectivity index (χ2v) is 4.73. The Bertz CT molecular complexity index is 450. The molecule has 4 heteroatoms. The summed E-state index contributed by atoms with van der Waals surface area (Å²) in [5.74, 6) is 0.870. The molecule has 1 aromatic carbocycles. The number of hydrogen-bond donors (Lipinski definition) is 1. The highest BCUT2D eigenvalue weighted by Crippen LogP contribution is 2.16. The van der Waals surface area contributed by atoms with E-state index in [1.54, 1.807) is 17.5 Å². The van der Waals surface area contributed by atoms with Gasteiger partial charge in [-0.15, -0.1) is 11.3 Å². The Morgan fingerprint density at radius 3 is 2.69 bits per heavy atom. The van der Waals surface area contributed by atoms with Crippen molar-refractivity contribution >= 4 is 11.3 Å². The van der Waals surface area contributed by atoms with Gasteiger partial charge in [0.15, 0.2) is 0 Å². The number of aromatic nitrogens is 1. The predicted octanol–water partition coefficient (Wildman–Crippen LogP) is 2.49. The van der Waals surface area contributed by atoms with Crippen LogP contribution in [0.25, 0.3) is 0 Å². The number of benzene rings is 1. The van der Waals surface area contributed by atoms with Crippen molar-refractivity contribution in [2.75, 3.05) is 0 Å². The zero-order valence-electron chi connectivity index (χ0n) is 9.14. The lowest BCUT2D eigenvalue weighted by atomic mass is 10.2. The topological polar surface area (TPSA) is 48.1 Å². The smallest absolute Gasteiger partial charge is 0.140 e. The van der Waals surface area contributed by atoms with Crippen LogP contribution in [0.2, 0.25) is 0 Å². The molecular formula is C12H14N2OS. The van der Waals surface area contributed by atoms with Crippen LogP contribution in [0.4, 0.5) is 0 Å². The standard InChI is InChI=1S/C12H14N2OS/c1-9-2-4-10(5-3-9)15-8-12-14-7-11(6-13)16-12/h2-5,7H,6,8,13H2,1H3. The molecule has 84 valence electrons. The molecule has 0 saturated heterocycles. The maximum atomic E-state index is 5.61. The second kappa shape index (κ2) is 5.09. The van der Waals surface area contributed by atoms with E-state index in [0.29, 0.717) is 13.2 Å². The first-order chi connectivity index (χ1) is 7.78. The number of nitrogens with two attached hydrogens (primary N) is 1. The Labute approximate surface area is 98.9 Å². The first-order valence-electron chi connectivity index (χ1n) is 5.11. The second-order valence-electron chi connectivity index (χ2n) is 3.53. The summed E-state index contributed by atoms with van der Waals surface area (Å²) in [6.07, 6.45) is 1.80. The molecule has 2 aromatic rings. The Morgan fingerprint density at radius 1 is 1.31 bits per heavy atom. The van der Waals surface area contributed by atoms with E-state index in [9.17, 15) is 0 Å². The van der Waals surface area contributed by atoms with Crippen LogP contribution in [0.15, 0.2) is 30.5 Å². The summed E-state index contributed by atoms with van der Waals surface area (Å²) >= 11 is 1.59. The molecule has 0 unspecified atom stereocenters. The molecule has 0 aliphatic rings. The molecular weight excluding hydrogens is 220 g/mol. The molecule has 0 amide bonds. The Hall–Kier alpha value is -1.39. The summed E-state index contributed by atoms with van der Waals surface area (Å²) in [5.41, 5.74) is 6.75. The van der Waals surface area contributed by atoms with Gasteiger partial charge in [-0.1, -0.05) is 17.7 Å². The molecule has 1 heterocycles. The van der Waals surface area contributed by atoms with Crippen LogP contribution in [0.1, 0.15) is 15.4 Å². The molecule has 3 nitrogen and oxygen atoms in total. The van der Waals surface area contributed by atoms with Gasteiger partial charge in [0, 0.05) is 17.6 Å². The Kier molecular flexibility index (Phi) is 3.54. The molecule has 0 atom stereocenters. The van der Waals surface area contributed by atoms with E-state index in [1.165, 1.54) is 5.56 Å². The summed E-state index contributed by atoms with van der Waals surface area (Å²) in [5, 5.41) is 0.959. The largest absolute Gasteiger partial charge is 0.486 e. The first-order valence-corrected chi connectivity index (χ1v) is 5.92. The minimum Gasteiger partial charge on any atom is -0.486 e. The van der Waals surface area contributed by atoms with Crippen molar-refractivity contribution < 1.29 is 4.74 Å². The lowest BCUT2D eigenvalue weighted by Gasteiger charge is -2.03. The third-order valence-corrected chi connectivity index (χ3v) is 3.18. The van der Waals surface area contributed by atoms with Gasteiger partial charge in [0.2, 0.25) is 0 Å². The van der Waals surface area contributed by atoms with Crippen molar-refractivity contribution in [2.45, 2.75) is 20.1 Å². The fourth-order valence-electron chi connectivity index (χ4n) is 1.29. The number of ether oxygens (including phenoxy) is 1. The minimum atomic E-state index is 0.508. The molecule has 16 heavy (non-hydrogen) atoms. The number of rotatable bonds is 4. The van der Waals surface area contributed by atoms with Gasteiger partial charge < -0.3 is 10.5 Å². The molecule has 2 N–H and O–H groups in total. The van der Waals surface area contributed by atoms with Crippen LogP contribution in [0.5, 0.6) is 5.75 Å². The van der Waals surface area contributed by atoms with E-state index in [-0.39, 0.29) is 0 Å². The van der Waals surface area contributed by atoms with Crippen molar-refractivity contribution in [1.29, 1.82) is 0 Å². The van der Waals surface area contributed by atoms with E-state index in [0.717, 1.165) is 15.6 Å². The maximum Gasteiger partial charge on any atom is 0.140 e. The van der Waals surface area contributed by atoms with Gasteiger partial charge in [0.05, 0.1) is 0 Å². The van der Waals surface area contributed by atoms with Crippen LogP contribution in [-0.4, -0.2) is 4.98 Å². The van der Waals surface area contributed by atoms with Gasteiger partial charge in [0.1, 0.15) is 17.4 Å². The molecule has 2 rings (SSSR count). The summed E-state index contributed by atoms with van der Waals surface area (Å²) in [6.45, 7) is 3.11. The van der Waals surface area contributed by atoms with Crippen molar-refractivity contribution in [3.8, 4) is 5.75 Å². The highest BCUT2D eigenvalue weighted by molar-refractivity contribution is 7.11. The van der Waals surface area contributed by atoms with Crippen LogP contribution in [0, 0.1) is 6.92 Å². The van der Waals surface area contributed by atoms with Crippen LogP contribution >= 0.6 is 11.3 Å². The fraction of sp³-hybridized carbons (Fsp3) is 0.250. The zero-order chi connectivity index (χ0) is 11.4. The van der Waals surface area contributed by atoms with Gasteiger partial charge in [-0.3, -0.25) is 0 Å². The van der Waals surface area contributed by atoms with Gasteiger partial charge >= 0.3 is 0 Å². The van der Waals surface area contributed by atoms with Crippen molar-refractivity contribution in [3.05, 3.63) is 45.9 Å². The van der Waals surface area contributed by atoms with Crippen molar-refractivity contribution in [1.82, 2.24) is 4.98 Å². The summed E-state index contributed by atoms with van der Waals surface area (Å²) in [4.78, 5) is 5.32. The Balaban J connectivity index is 1.94. The zero-order valence-corrected chi connectivity index (χ0v) is 9.96. The van der Waals surface area contributed by atoms with E-state index < -0.39 is 0 Å². The average Bonchev–Trinajstić information content (AvgIpc) is 2.76. The highest BCUT2D eigenvalue weighted by Gasteiger charge is 2.01. The third-order valence-electron chi connectivity index (χ3n) is 2.19. The molecule has 0 aliphatic heterocycles. The van der Waals surface area contributed by atoms with Crippen LogP contribution in [0.3, 0.4) is 0 Å². The fourth-order valence-corrected chi connectivity index (χ4v) is 2.00. The van der Waals surface area contributed by atoms with E-state index in [2.05, 4.69) is 11.9 Å². The van der Waals surface area contributed by atoms with Gasteiger partial charge in [-0.2, -0.15) is 0 Å². The first kappa shape index (κ1) is 11.1. The van der Waals surface area contributed by atoms with Gasteiger partial charge in [-0.25, -0.2) is 4.98 Å². The molecule has 0 aliphatic carbocycles. The lowest BCUT2D eigenvalue weighted by molar-refractivity contribution is 0.305. The predicted molar refractivity (Wildman–Crippen MR) is 65.5 cm³/mol. The quantitative estimate of drug-likeness (QED) is 0.884. The van der Waals surface area contributed by atoms with E-state index in [4.69, 9.17) is 10.5 Å². The van der Waals surface area contributed by atoms with E-state index in [1.807, 2.05) is 24.3 Å². The maximum absolute atomic E-state index is 5.61. The van der Waals surface area contributed by atoms with E-state index >= 15 is 0 Å². The molecule has 0 bridgehead atoms.